The molecule has 2 N–H and O–H groups in total. The lowest BCUT2D eigenvalue weighted by Crippen LogP contribution is -2.46. The van der Waals surface area contributed by atoms with Crippen LogP contribution in [0.25, 0.3) is 10.8 Å². The van der Waals surface area contributed by atoms with E-state index in [9.17, 15) is 24.6 Å². The Morgan fingerprint density at radius 3 is 2.44 bits per heavy atom. The molecule has 3 amide bonds. The van der Waals surface area contributed by atoms with Gasteiger partial charge in [0, 0.05) is 35.5 Å². The molecule has 0 saturated carbocycles. The van der Waals surface area contributed by atoms with Crippen molar-refractivity contribution in [2.75, 3.05) is 16.4 Å². The van der Waals surface area contributed by atoms with Crippen molar-refractivity contribution in [3.8, 4) is 0 Å². The maximum atomic E-state index is 14.2. The Labute approximate surface area is 290 Å². The molecule has 8 rings (SSSR count). The van der Waals surface area contributed by atoms with E-state index in [0.29, 0.717) is 35.5 Å². The number of carbonyl (C=O) groups is 3. The van der Waals surface area contributed by atoms with Gasteiger partial charge < -0.3 is 20.0 Å². The van der Waals surface area contributed by atoms with Crippen molar-refractivity contribution >= 4 is 45.6 Å². The second kappa shape index (κ2) is 12.4. The van der Waals surface area contributed by atoms with Gasteiger partial charge in [0.2, 0.25) is 5.91 Å². The highest BCUT2D eigenvalue weighted by atomic mass is 16.3. The lowest BCUT2D eigenvalue weighted by molar-refractivity contribution is -0.139. The second-order valence-corrected chi connectivity index (χ2v) is 13.4. The molecule has 3 aliphatic heterocycles. The third-order valence-corrected chi connectivity index (χ3v) is 10.5. The van der Waals surface area contributed by atoms with Crippen molar-refractivity contribution in [2.24, 2.45) is 5.92 Å². The van der Waals surface area contributed by atoms with E-state index in [1.165, 1.54) is 0 Å². The molecule has 0 unspecified atom stereocenters. The Morgan fingerprint density at radius 1 is 0.900 bits per heavy atom. The first-order valence-electron chi connectivity index (χ1n) is 17.0. The Kier molecular flexibility index (Phi) is 7.85. The molecule has 8 heteroatoms. The quantitative estimate of drug-likeness (QED) is 0.187. The van der Waals surface area contributed by atoms with Crippen molar-refractivity contribution in [3.63, 3.8) is 0 Å². The first kappa shape index (κ1) is 31.7. The van der Waals surface area contributed by atoms with Crippen LogP contribution in [0, 0.1) is 5.92 Å². The highest BCUT2D eigenvalue weighted by Crippen LogP contribution is 2.46. The first-order chi connectivity index (χ1) is 24.3. The number of hydrogen-bond donors (Lipinski definition) is 2. The molecule has 0 fully saturated rings. The van der Waals surface area contributed by atoms with E-state index in [1.54, 1.807) is 39.8 Å². The lowest BCUT2D eigenvalue weighted by atomic mass is 9.83. The van der Waals surface area contributed by atoms with Crippen LogP contribution in [0.2, 0.25) is 0 Å². The zero-order chi connectivity index (χ0) is 34.6. The molecule has 0 saturated heterocycles. The topological polar surface area (TPSA) is 101 Å². The minimum Gasteiger partial charge on any atom is -0.394 e. The van der Waals surface area contributed by atoms with Crippen LogP contribution < -0.4 is 9.80 Å². The molecule has 3 heterocycles. The maximum Gasteiger partial charge on any atom is 0.264 e. The molecule has 5 aromatic carbocycles. The van der Waals surface area contributed by atoms with Crippen molar-refractivity contribution in [1.29, 1.82) is 0 Å². The summed E-state index contributed by atoms with van der Waals surface area (Å²) >= 11 is 0. The smallest absolute Gasteiger partial charge is 0.264 e. The fourth-order valence-corrected chi connectivity index (χ4v) is 7.88. The summed E-state index contributed by atoms with van der Waals surface area (Å²) in [7, 11) is 0. The van der Waals surface area contributed by atoms with E-state index in [4.69, 9.17) is 0 Å². The van der Waals surface area contributed by atoms with Crippen LogP contribution in [0.1, 0.15) is 46.0 Å². The van der Waals surface area contributed by atoms with Gasteiger partial charge in [-0.3, -0.25) is 19.3 Å². The standard InChI is InChI=1S/C42H37N3O5/c1-27(10-6-21-38(47)43-25-31-13-3-2-12-30(31)23-33(43)26-46)42(50)35-18-4-5-19-36(35)44(41(42)49)24-28-11-7-16-32(22-28)45-37-20-9-15-29-14-8-17-34(39(29)37)40(45)48/h2-20,22,27,33,46,50H,21,23-26H2,1H3/b10-6+/t27-,33-,42+/m0/s1. The highest BCUT2D eigenvalue weighted by Gasteiger charge is 2.52. The van der Waals surface area contributed by atoms with Crippen LogP contribution in [-0.4, -0.2) is 45.5 Å². The zero-order valence-electron chi connectivity index (χ0n) is 27.7. The van der Waals surface area contributed by atoms with Crippen LogP contribution in [0.15, 0.2) is 121 Å². The molecule has 0 radical (unpaired) electrons. The van der Waals surface area contributed by atoms with Crippen LogP contribution in [-0.2, 0) is 34.7 Å². The molecule has 5 aromatic rings. The summed E-state index contributed by atoms with van der Waals surface area (Å²) in [4.78, 5) is 46.2. The van der Waals surface area contributed by atoms with Crippen molar-refractivity contribution in [3.05, 3.63) is 149 Å². The normalized spacial score (nSPS) is 20.1. The van der Waals surface area contributed by atoms with Gasteiger partial charge in [0.1, 0.15) is 0 Å². The zero-order valence-corrected chi connectivity index (χ0v) is 27.7. The van der Waals surface area contributed by atoms with Gasteiger partial charge in [0.05, 0.1) is 36.1 Å². The number of hydrogen-bond acceptors (Lipinski definition) is 5. The number of carbonyl (C=O) groups excluding carboxylic acids is 3. The average Bonchev–Trinajstić information content (AvgIpc) is 3.56. The molecule has 0 bridgehead atoms. The molecular formula is C42H37N3O5. The summed E-state index contributed by atoms with van der Waals surface area (Å²) in [6.45, 7) is 2.29. The summed E-state index contributed by atoms with van der Waals surface area (Å²) in [5, 5.41) is 24.1. The largest absolute Gasteiger partial charge is 0.394 e. The third kappa shape index (κ3) is 5.02. The predicted molar refractivity (Wildman–Crippen MR) is 193 cm³/mol. The maximum absolute atomic E-state index is 14.2. The van der Waals surface area contributed by atoms with Crippen molar-refractivity contribution < 1.29 is 24.6 Å². The number of benzene rings is 5. The number of nitrogens with zero attached hydrogens (tertiary/aromatic N) is 3. The minimum absolute atomic E-state index is 0.0816. The Bertz CT molecular complexity index is 2210. The van der Waals surface area contributed by atoms with Crippen molar-refractivity contribution in [2.45, 2.75) is 44.5 Å². The summed E-state index contributed by atoms with van der Waals surface area (Å²) in [6, 6.07) is 34.2. The molecule has 3 atom stereocenters. The Hall–Kier alpha value is -5.57. The van der Waals surface area contributed by atoms with Gasteiger partial charge in [-0.25, -0.2) is 0 Å². The summed E-state index contributed by atoms with van der Waals surface area (Å²) < 4.78 is 0. The molecule has 250 valence electrons. The molecule has 8 nitrogen and oxygen atoms in total. The number of para-hydroxylation sites is 1. The number of aliphatic hydroxyl groups excluding tert-OH is 1. The SMILES string of the molecule is C[C@@H](/C=C/CC(=O)N1Cc2ccccc2C[C@H]1CO)[C@]1(O)C(=O)N(Cc2cccc(N3C(=O)c4cccc5cccc3c45)c2)c2ccccc21. The van der Waals surface area contributed by atoms with Crippen LogP contribution >= 0.6 is 0 Å². The number of rotatable bonds is 8. The molecule has 0 spiro atoms. The number of anilines is 3. The third-order valence-electron chi connectivity index (χ3n) is 10.5. The molecule has 50 heavy (non-hydrogen) atoms. The fraction of sp³-hybridized carbons (Fsp3) is 0.214. The summed E-state index contributed by atoms with van der Waals surface area (Å²) in [6.07, 6.45) is 4.13. The molecule has 0 aromatic heterocycles. The van der Waals surface area contributed by atoms with Gasteiger partial charge >= 0.3 is 0 Å². The van der Waals surface area contributed by atoms with Crippen LogP contribution in [0.3, 0.4) is 0 Å². The van der Waals surface area contributed by atoms with E-state index in [2.05, 4.69) is 0 Å². The van der Waals surface area contributed by atoms with E-state index < -0.39 is 17.4 Å². The Morgan fingerprint density at radius 2 is 1.62 bits per heavy atom. The van der Waals surface area contributed by atoms with Gasteiger partial charge in [-0.15, -0.1) is 0 Å². The minimum atomic E-state index is -1.84. The second-order valence-electron chi connectivity index (χ2n) is 13.4. The van der Waals surface area contributed by atoms with E-state index >= 15 is 0 Å². The van der Waals surface area contributed by atoms with Gasteiger partial charge in [-0.1, -0.05) is 97.9 Å². The number of fused-ring (bicyclic) bond motifs is 2. The van der Waals surface area contributed by atoms with Gasteiger partial charge in [-0.05, 0) is 58.8 Å². The number of aliphatic hydroxyl groups is 2. The summed E-state index contributed by atoms with van der Waals surface area (Å²) in [5.74, 6) is -1.31. The highest BCUT2D eigenvalue weighted by molar-refractivity contribution is 6.27. The van der Waals surface area contributed by atoms with Gasteiger partial charge in [-0.2, -0.15) is 0 Å². The molecular weight excluding hydrogens is 626 g/mol. The van der Waals surface area contributed by atoms with E-state index in [0.717, 1.165) is 33.2 Å². The predicted octanol–water partition coefficient (Wildman–Crippen LogP) is 6.39. The fourth-order valence-electron chi connectivity index (χ4n) is 7.88. The number of amides is 3. The van der Waals surface area contributed by atoms with Crippen molar-refractivity contribution in [1.82, 2.24) is 4.90 Å². The lowest BCUT2D eigenvalue weighted by Gasteiger charge is -2.36. The van der Waals surface area contributed by atoms with E-state index in [1.807, 2.05) is 103 Å². The average molecular weight is 664 g/mol. The van der Waals surface area contributed by atoms with E-state index in [-0.39, 0.29) is 37.4 Å². The molecule has 0 aliphatic carbocycles. The monoisotopic (exact) mass is 663 g/mol. The Balaban J connectivity index is 1.02. The summed E-state index contributed by atoms with van der Waals surface area (Å²) in [5.41, 5.74) is 4.50. The van der Waals surface area contributed by atoms with Crippen LogP contribution in [0.5, 0.6) is 0 Å². The first-order valence-corrected chi connectivity index (χ1v) is 17.0. The van der Waals surface area contributed by atoms with Crippen LogP contribution in [0.4, 0.5) is 17.1 Å². The van der Waals surface area contributed by atoms with Gasteiger partial charge in [0.15, 0.2) is 5.60 Å². The van der Waals surface area contributed by atoms with Gasteiger partial charge in [0.25, 0.3) is 11.8 Å². The molecule has 3 aliphatic rings.